The second-order valence-corrected chi connectivity index (χ2v) is 5.31. The first kappa shape index (κ1) is 13.9. The smallest absolute Gasteiger partial charge is 0.0501 e. The van der Waals surface area contributed by atoms with Crippen molar-refractivity contribution in [1.82, 2.24) is 0 Å². The fraction of sp³-hybridized carbons (Fsp3) is 0.538. The zero-order chi connectivity index (χ0) is 12.0. The van der Waals surface area contributed by atoms with Gasteiger partial charge in [-0.2, -0.15) is 0 Å². The molecule has 1 aromatic rings. The van der Waals surface area contributed by atoms with Gasteiger partial charge in [0, 0.05) is 15.5 Å². The number of unbranched alkanes of at least 4 members (excludes halogenated alkanes) is 1. The van der Waals surface area contributed by atoms with Crippen molar-refractivity contribution in [3.63, 3.8) is 0 Å². The summed E-state index contributed by atoms with van der Waals surface area (Å²) in [6.45, 7) is 4.44. The quantitative estimate of drug-likeness (QED) is 0.733. The van der Waals surface area contributed by atoms with Crippen LogP contribution in [0.5, 0.6) is 0 Å². The van der Waals surface area contributed by atoms with Gasteiger partial charge in [-0.25, -0.2) is 0 Å². The first-order valence-corrected chi connectivity index (χ1v) is 7.06. The van der Waals surface area contributed by atoms with Crippen molar-refractivity contribution in [2.45, 2.75) is 45.6 Å². The molecule has 0 amide bonds. The van der Waals surface area contributed by atoms with Gasteiger partial charge in [-0.05, 0) is 47.0 Å². The minimum absolute atomic E-state index is 0.537. The van der Waals surface area contributed by atoms with Crippen LogP contribution in [0, 0.1) is 0 Å². The number of benzene rings is 1. The Morgan fingerprint density at radius 2 is 2.12 bits per heavy atom. The van der Waals surface area contributed by atoms with E-state index in [-0.39, 0.29) is 0 Å². The molecule has 1 N–H and O–H groups in total. The number of hydrogen-bond acceptors (Lipinski definition) is 1. The van der Waals surface area contributed by atoms with Crippen LogP contribution in [0.25, 0.3) is 0 Å². The molecule has 0 aromatic heterocycles. The molecule has 0 heterocycles. The standard InChI is InChI=1S/C13H19BrClN/c1-3-5-6-11(4-2)16-13-9-10(15)7-8-12(13)14/h7-9,11,16H,3-6H2,1-2H3. The zero-order valence-electron chi connectivity index (χ0n) is 9.89. The molecule has 0 aliphatic rings. The summed E-state index contributed by atoms with van der Waals surface area (Å²) in [5.74, 6) is 0. The Balaban J connectivity index is 2.65. The highest BCUT2D eigenvalue weighted by atomic mass is 79.9. The Kier molecular flexibility index (Phi) is 6.22. The van der Waals surface area contributed by atoms with Crippen LogP contribution >= 0.6 is 27.5 Å². The molecule has 0 aliphatic heterocycles. The molecule has 1 atom stereocenters. The minimum Gasteiger partial charge on any atom is -0.381 e. The predicted octanol–water partition coefficient (Wildman–Crippen LogP) is 5.48. The van der Waals surface area contributed by atoms with E-state index in [1.54, 1.807) is 0 Å². The van der Waals surface area contributed by atoms with Crippen molar-refractivity contribution >= 4 is 33.2 Å². The molecular weight excluding hydrogens is 286 g/mol. The van der Waals surface area contributed by atoms with Gasteiger partial charge in [0.05, 0.1) is 5.69 Å². The summed E-state index contributed by atoms with van der Waals surface area (Å²) in [6, 6.07) is 6.39. The SMILES string of the molecule is CCCCC(CC)Nc1cc(Cl)ccc1Br. The van der Waals surface area contributed by atoms with Crippen molar-refractivity contribution in [3.05, 3.63) is 27.7 Å². The van der Waals surface area contributed by atoms with Gasteiger partial charge < -0.3 is 5.32 Å². The van der Waals surface area contributed by atoms with Crippen LogP contribution in [-0.4, -0.2) is 6.04 Å². The molecule has 0 radical (unpaired) electrons. The largest absolute Gasteiger partial charge is 0.381 e. The number of hydrogen-bond donors (Lipinski definition) is 1. The highest BCUT2D eigenvalue weighted by molar-refractivity contribution is 9.10. The van der Waals surface area contributed by atoms with E-state index in [1.807, 2.05) is 18.2 Å². The third kappa shape index (κ3) is 4.34. The van der Waals surface area contributed by atoms with Crippen LogP contribution in [0.1, 0.15) is 39.5 Å². The van der Waals surface area contributed by atoms with Crippen LogP contribution in [-0.2, 0) is 0 Å². The third-order valence-corrected chi connectivity index (χ3v) is 3.61. The van der Waals surface area contributed by atoms with Gasteiger partial charge in [-0.3, -0.25) is 0 Å². The normalized spacial score (nSPS) is 12.5. The molecule has 0 fully saturated rings. The molecule has 0 saturated carbocycles. The molecule has 0 spiro atoms. The highest BCUT2D eigenvalue weighted by Crippen LogP contribution is 2.27. The second kappa shape index (κ2) is 7.18. The van der Waals surface area contributed by atoms with Gasteiger partial charge in [-0.1, -0.05) is 38.3 Å². The first-order chi connectivity index (χ1) is 7.67. The monoisotopic (exact) mass is 303 g/mol. The summed E-state index contributed by atoms with van der Waals surface area (Å²) < 4.78 is 1.08. The Hall–Kier alpha value is -0.210. The Labute approximate surface area is 112 Å². The van der Waals surface area contributed by atoms with Crippen LogP contribution in [0.4, 0.5) is 5.69 Å². The van der Waals surface area contributed by atoms with Gasteiger partial charge in [0.25, 0.3) is 0 Å². The fourth-order valence-electron chi connectivity index (χ4n) is 1.66. The van der Waals surface area contributed by atoms with Gasteiger partial charge in [-0.15, -0.1) is 0 Å². The molecule has 1 rings (SSSR count). The van der Waals surface area contributed by atoms with E-state index < -0.39 is 0 Å². The van der Waals surface area contributed by atoms with Crippen molar-refractivity contribution in [1.29, 1.82) is 0 Å². The van der Waals surface area contributed by atoms with E-state index in [9.17, 15) is 0 Å². The van der Waals surface area contributed by atoms with E-state index in [1.165, 1.54) is 19.3 Å². The molecule has 1 aromatic carbocycles. The number of nitrogens with one attached hydrogen (secondary N) is 1. The van der Waals surface area contributed by atoms with Crippen LogP contribution < -0.4 is 5.32 Å². The Morgan fingerprint density at radius 1 is 1.38 bits per heavy atom. The van der Waals surface area contributed by atoms with Crippen molar-refractivity contribution in [3.8, 4) is 0 Å². The van der Waals surface area contributed by atoms with Gasteiger partial charge in [0.1, 0.15) is 0 Å². The zero-order valence-corrected chi connectivity index (χ0v) is 12.2. The molecule has 0 saturated heterocycles. The predicted molar refractivity (Wildman–Crippen MR) is 76.4 cm³/mol. The Bertz CT molecular complexity index is 328. The van der Waals surface area contributed by atoms with Crippen molar-refractivity contribution in [2.75, 3.05) is 5.32 Å². The first-order valence-electron chi connectivity index (χ1n) is 5.89. The van der Waals surface area contributed by atoms with Crippen molar-refractivity contribution < 1.29 is 0 Å². The average molecular weight is 305 g/mol. The molecule has 90 valence electrons. The van der Waals surface area contributed by atoms with E-state index in [4.69, 9.17) is 11.6 Å². The number of halogens is 2. The average Bonchev–Trinajstić information content (AvgIpc) is 2.28. The summed E-state index contributed by atoms with van der Waals surface area (Å²) in [6.07, 6.45) is 4.86. The topological polar surface area (TPSA) is 12.0 Å². The van der Waals surface area contributed by atoms with Gasteiger partial charge in [0.2, 0.25) is 0 Å². The molecular formula is C13H19BrClN. The Morgan fingerprint density at radius 3 is 2.75 bits per heavy atom. The van der Waals surface area contributed by atoms with Gasteiger partial charge >= 0.3 is 0 Å². The van der Waals surface area contributed by atoms with E-state index in [0.717, 1.165) is 21.6 Å². The summed E-state index contributed by atoms with van der Waals surface area (Å²) in [4.78, 5) is 0. The maximum Gasteiger partial charge on any atom is 0.0501 e. The lowest BCUT2D eigenvalue weighted by Crippen LogP contribution is -2.18. The van der Waals surface area contributed by atoms with Crippen molar-refractivity contribution in [2.24, 2.45) is 0 Å². The van der Waals surface area contributed by atoms with Crippen LogP contribution in [0.3, 0.4) is 0 Å². The van der Waals surface area contributed by atoms with Gasteiger partial charge in [0.15, 0.2) is 0 Å². The molecule has 0 aliphatic carbocycles. The molecule has 1 nitrogen and oxygen atoms in total. The van der Waals surface area contributed by atoms with E-state index in [0.29, 0.717) is 6.04 Å². The molecule has 1 unspecified atom stereocenters. The van der Waals surface area contributed by atoms with E-state index in [2.05, 4.69) is 35.1 Å². The minimum atomic E-state index is 0.537. The maximum atomic E-state index is 5.99. The van der Waals surface area contributed by atoms with Crippen LogP contribution in [0.2, 0.25) is 5.02 Å². The lowest BCUT2D eigenvalue weighted by atomic mass is 10.1. The highest BCUT2D eigenvalue weighted by Gasteiger charge is 2.08. The number of anilines is 1. The summed E-state index contributed by atoms with van der Waals surface area (Å²) >= 11 is 9.52. The number of rotatable bonds is 6. The summed E-state index contributed by atoms with van der Waals surface area (Å²) in [5, 5.41) is 4.32. The third-order valence-electron chi connectivity index (χ3n) is 2.69. The van der Waals surface area contributed by atoms with Crippen LogP contribution in [0.15, 0.2) is 22.7 Å². The fourth-order valence-corrected chi connectivity index (χ4v) is 2.19. The second-order valence-electron chi connectivity index (χ2n) is 4.02. The molecule has 0 bridgehead atoms. The molecule has 3 heteroatoms. The lowest BCUT2D eigenvalue weighted by Gasteiger charge is -2.19. The summed E-state index contributed by atoms with van der Waals surface area (Å²) in [5.41, 5.74) is 1.09. The molecule has 16 heavy (non-hydrogen) atoms. The summed E-state index contributed by atoms with van der Waals surface area (Å²) in [7, 11) is 0. The lowest BCUT2D eigenvalue weighted by molar-refractivity contribution is 0.593. The van der Waals surface area contributed by atoms with E-state index >= 15 is 0 Å². The maximum absolute atomic E-state index is 5.99.